The number of aromatic nitrogens is 2. The summed E-state index contributed by atoms with van der Waals surface area (Å²) in [7, 11) is 0. The SMILES string of the molecule is c1nc2c(n1CC1CCOC1)CCCC2. The predicted octanol–water partition coefficient (Wildman–Crippen LogP) is 1.80. The minimum absolute atomic E-state index is 0.713. The molecule has 2 heterocycles. The van der Waals surface area contributed by atoms with Crippen LogP contribution >= 0.6 is 0 Å². The summed E-state index contributed by atoms with van der Waals surface area (Å²) in [6.07, 6.45) is 8.31. The molecule has 3 rings (SSSR count). The van der Waals surface area contributed by atoms with Crippen molar-refractivity contribution in [1.82, 2.24) is 9.55 Å². The van der Waals surface area contributed by atoms with Gasteiger partial charge in [-0.25, -0.2) is 4.98 Å². The molecule has 1 unspecified atom stereocenters. The van der Waals surface area contributed by atoms with Crippen LogP contribution in [-0.4, -0.2) is 22.8 Å². The Bertz CT molecular complexity index is 339. The van der Waals surface area contributed by atoms with Gasteiger partial charge in [-0.05, 0) is 32.1 Å². The molecule has 0 bridgehead atoms. The topological polar surface area (TPSA) is 27.1 Å². The second-order valence-corrected chi connectivity index (χ2v) is 4.73. The van der Waals surface area contributed by atoms with Gasteiger partial charge in [-0.2, -0.15) is 0 Å². The zero-order valence-electron chi connectivity index (χ0n) is 9.11. The summed E-state index contributed by atoms with van der Waals surface area (Å²) in [5, 5.41) is 0. The minimum Gasteiger partial charge on any atom is -0.381 e. The highest BCUT2D eigenvalue weighted by Gasteiger charge is 2.20. The Labute approximate surface area is 90.5 Å². The van der Waals surface area contributed by atoms with Crippen molar-refractivity contribution >= 4 is 0 Å². The molecule has 0 N–H and O–H groups in total. The van der Waals surface area contributed by atoms with Crippen LogP contribution in [0.5, 0.6) is 0 Å². The summed E-state index contributed by atoms with van der Waals surface area (Å²) in [5.74, 6) is 0.713. The second-order valence-electron chi connectivity index (χ2n) is 4.73. The first-order chi connectivity index (χ1) is 7.43. The van der Waals surface area contributed by atoms with E-state index in [1.54, 1.807) is 0 Å². The smallest absolute Gasteiger partial charge is 0.0951 e. The number of ether oxygens (including phenoxy) is 1. The average molecular weight is 206 g/mol. The molecule has 0 aromatic carbocycles. The lowest BCUT2D eigenvalue weighted by molar-refractivity contribution is 0.182. The van der Waals surface area contributed by atoms with Crippen molar-refractivity contribution in [2.24, 2.45) is 5.92 Å². The molecule has 82 valence electrons. The van der Waals surface area contributed by atoms with E-state index in [0.717, 1.165) is 19.8 Å². The maximum absolute atomic E-state index is 5.42. The van der Waals surface area contributed by atoms with Crippen molar-refractivity contribution in [3.05, 3.63) is 17.7 Å². The lowest BCUT2D eigenvalue weighted by Gasteiger charge is -2.16. The van der Waals surface area contributed by atoms with E-state index in [9.17, 15) is 0 Å². The number of imidazole rings is 1. The van der Waals surface area contributed by atoms with E-state index in [-0.39, 0.29) is 0 Å². The molecule has 1 fully saturated rings. The molecule has 1 atom stereocenters. The van der Waals surface area contributed by atoms with Crippen LogP contribution in [-0.2, 0) is 24.1 Å². The van der Waals surface area contributed by atoms with Gasteiger partial charge in [0.25, 0.3) is 0 Å². The van der Waals surface area contributed by atoms with Crippen LogP contribution in [0.2, 0.25) is 0 Å². The predicted molar refractivity (Wildman–Crippen MR) is 57.8 cm³/mol. The summed E-state index contributed by atoms with van der Waals surface area (Å²) in [4.78, 5) is 4.52. The number of nitrogens with zero attached hydrogens (tertiary/aromatic N) is 2. The quantitative estimate of drug-likeness (QED) is 0.737. The summed E-state index contributed by atoms with van der Waals surface area (Å²) < 4.78 is 7.79. The van der Waals surface area contributed by atoms with Crippen LogP contribution in [0.4, 0.5) is 0 Å². The zero-order chi connectivity index (χ0) is 10.1. The number of hydrogen-bond donors (Lipinski definition) is 0. The molecule has 0 radical (unpaired) electrons. The number of hydrogen-bond acceptors (Lipinski definition) is 2. The Kier molecular flexibility index (Phi) is 2.49. The summed E-state index contributed by atoms with van der Waals surface area (Å²) in [5.41, 5.74) is 2.84. The van der Waals surface area contributed by atoms with Gasteiger partial charge in [0.2, 0.25) is 0 Å². The summed E-state index contributed by atoms with van der Waals surface area (Å²) in [6, 6.07) is 0. The standard InChI is InChI=1S/C12H18N2O/c1-2-4-12-11(3-1)13-9-14(12)7-10-5-6-15-8-10/h9-10H,1-8H2. The molecular formula is C12H18N2O. The van der Waals surface area contributed by atoms with Gasteiger partial charge < -0.3 is 9.30 Å². The van der Waals surface area contributed by atoms with E-state index in [1.165, 1.54) is 43.5 Å². The van der Waals surface area contributed by atoms with Gasteiger partial charge in [-0.1, -0.05) is 0 Å². The number of aryl methyl sites for hydroxylation is 1. The Hall–Kier alpha value is -0.830. The summed E-state index contributed by atoms with van der Waals surface area (Å²) in [6.45, 7) is 3.00. The van der Waals surface area contributed by atoms with Crippen molar-refractivity contribution < 1.29 is 4.74 Å². The molecule has 1 aliphatic carbocycles. The molecule has 3 nitrogen and oxygen atoms in total. The monoisotopic (exact) mass is 206 g/mol. The maximum atomic E-state index is 5.42. The number of fused-ring (bicyclic) bond motifs is 1. The highest BCUT2D eigenvalue weighted by molar-refractivity contribution is 5.16. The van der Waals surface area contributed by atoms with Crippen molar-refractivity contribution in [3.63, 3.8) is 0 Å². The minimum atomic E-state index is 0.713. The molecule has 0 saturated carbocycles. The molecule has 0 spiro atoms. The molecule has 15 heavy (non-hydrogen) atoms. The highest BCUT2D eigenvalue weighted by Crippen LogP contribution is 2.22. The van der Waals surface area contributed by atoms with Gasteiger partial charge in [-0.3, -0.25) is 0 Å². The van der Waals surface area contributed by atoms with Crippen LogP contribution in [0.1, 0.15) is 30.7 Å². The van der Waals surface area contributed by atoms with Crippen molar-refractivity contribution in [3.8, 4) is 0 Å². The van der Waals surface area contributed by atoms with Gasteiger partial charge in [0.1, 0.15) is 0 Å². The Morgan fingerprint density at radius 3 is 3.20 bits per heavy atom. The summed E-state index contributed by atoms with van der Waals surface area (Å²) >= 11 is 0. The molecule has 1 aromatic rings. The average Bonchev–Trinajstić information content (AvgIpc) is 2.89. The van der Waals surface area contributed by atoms with Crippen molar-refractivity contribution in [2.75, 3.05) is 13.2 Å². The van der Waals surface area contributed by atoms with Crippen LogP contribution in [0, 0.1) is 5.92 Å². The highest BCUT2D eigenvalue weighted by atomic mass is 16.5. The van der Waals surface area contributed by atoms with Gasteiger partial charge >= 0.3 is 0 Å². The third-order valence-corrected chi connectivity index (χ3v) is 3.59. The Morgan fingerprint density at radius 1 is 1.40 bits per heavy atom. The third-order valence-electron chi connectivity index (χ3n) is 3.59. The lowest BCUT2D eigenvalue weighted by atomic mass is 10.0. The van der Waals surface area contributed by atoms with E-state index in [2.05, 4.69) is 9.55 Å². The Morgan fingerprint density at radius 2 is 2.33 bits per heavy atom. The first-order valence-electron chi connectivity index (χ1n) is 6.04. The third kappa shape index (κ3) is 1.81. The van der Waals surface area contributed by atoms with Crippen LogP contribution in [0.15, 0.2) is 6.33 Å². The fourth-order valence-corrected chi connectivity index (χ4v) is 2.69. The zero-order valence-corrected chi connectivity index (χ0v) is 9.11. The van der Waals surface area contributed by atoms with E-state index < -0.39 is 0 Å². The molecule has 1 saturated heterocycles. The largest absolute Gasteiger partial charge is 0.381 e. The molecule has 1 aromatic heterocycles. The first kappa shape index (κ1) is 9.40. The molecule has 2 aliphatic rings. The molecular weight excluding hydrogens is 188 g/mol. The van der Waals surface area contributed by atoms with E-state index >= 15 is 0 Å². The van der Waals surface area contributed by atoms with Crippen molar-refractivity contribution in [1.29, 1.82) is 0 Å². The molecule has 3 heteroatoms. The maximum Gasteiger partial charge on any atom is 0.0951 e. The second kappa shape index (κ2) is 3.97. The van der Waals surface area contributed by atoms with Gasteiger partial charge in [-0.15, -0.1) is 0 Å². The normalized spacial score (nSPS) is 25.5. The number of rotatable bonds is 2. The van der Waals surface area contributed by atoms with Gasteiger partial charge in [0.05, 0.1) is 18.6 Å². The van der Waals surface area contributed by atoms with Crippen LogP contribution < -0.4 is 0 Å². The van der Waals surface area contributed by atoms with Crippen molar-refractivity contribution in [2.45, 2.75) is 38.6 Å². The fraction of sp³-hybridized carbons (Fsp3) is 0.750. The van der Waals surface area contributed by atoms with Crippen LogP contribution in [0.25, 0.3) is 0 Å². The first-order valence-corrected chi connectivity index (χ1v) is 6.04. The van der Waals surface area contributed by atoms with E-state index in [1.807, 2.05) is 6.33 Å². The molecule has 0 amide bonds. The van der Waals surface area contributed by atoms with Gasteiger partial charge in [0, 0.05) is 24.8 Å². The van der Waals surface area contributed by atoms with Crippen LogP contribution in [0.3, 0.4) is 0 Å². The van der Waals surface area contributed by atoms with E-state index in [0.29, 0.717) is 5.92 Å². The molecule has 1 aliphatic heterocycles. The lowest BCUT2D eigenvalue weighted by Crippen LogP contribution is -2.14. The van der Waals surface area contributed by atoms with Gasteiger partial charge in [0.15, 0.2) is 0 Å². The van der Waals surface area contributed by atoms with E-state index in [4.69, 9.17) is 4.74 Å². The fourth-order valence-electron chi connectivity index (χ4n) is 2.69. The Balaban J connectivity index is 1.76.